The zero-order valence-electron chi connectivity index (χ0n) is 12.3. The zero-order chi connectivity index (χ0) is 14.2. The van der Waals surface area contributed by atoms with Gasteiger partial charge in [0.2, 0.25) is 0 Å². The van der Waals surface area contributed by atoms with Crippen molar-refractivity contribution in [2.24, 2.45) is 11.8 Å². The lowest BCUT2D eigenvalue weighted by molar-refractivity contribution is 0.140. The Balaban J connectivity index is 1.83. The largest absolute Gasteiger partial charge is 0.536 e. The van der Waals surface area contributed by atoms with Gasteiger partial charge >= 0.3 is 8.80 Å². The molecule has 0 heterocycles. The number of allylic oxidation sites excluding steroid dienone is 2. The van der Waals surface area contributed by atoms with Gasteiger partial charge in [-0.15, -0.1) is 0 Å². The number of rotatable bonds is 5. The van der Waals surface area contributed by atoms with Crippen LogP contribution in [0.5, 0.6) is 0 Å². The molecule has 2 bridgehead atoms. The van der Waals surface area contributed by atoms with Gasteiger partial charge in [-0.25, -0.2) is 0 Å². The monoisotopic (exact) mass is 290 g/mol. The number of benzene rings is 1. The van der Waals surface area contributed by atoms with Gasteiger partial charge in [-0.1, -0.05) is 36.4 Å². The average Bonchev–Trinajstić information content (AvgIpc) is 3.13. The van der Waals surface area contributed by atoms with E-state index in [1.54, 1.807) is 21.3 Å². The van der Waals surface area contributed by atoms with Crippen LogP contribution in [-0.4, -0.2) is 30.1 Å². The van der Waals surface area contributed by atoms with Crippen molar-refractivity contribution in [2.45, 2.75) is 18.8 Å². The first-order valence-corrected chi connectivity index (χ1v) is 8.89. The third kappa shape index (κ3) is 2.17. The summed E-state index contributed by atoms with van der Waals surface area (Å²) in [6, 6.07) is 8.64. The molecule has 3 rings (SSSR count). The number of fused-ring (bicyclic) bond motifs is 2. The molecular formula is C16H22O3Si. The number of hydrogen-bond acceptors (Lipinski definition) is 3. The first-order valence-electron chi connectivity index (χ1n) is 7.16. The van der Waals surface area contributed by atoms with Crippen LogP contribution in [0, 0.1) is 11.8 Å². The van der Waals surface area contributed by atoms with E-state index in [0.717, 1.165) is 17.0 Å². The zero-order valence-corrected chi connectivity index (χ0v) is 13.3. The van der Waals surface area contributed by atoms with Gasteiger partial charge in [0.05, 0.1) is 0 Å². The molecule has 1 saturated carbocycles. The molecule has 0 amide bonds. The summed E-state index contributed by atoms with van der Waals surface area (Å²) in [5, 5.41) is 1.02. The van der Waals surface area contributed by atoms with Crippen LogP contribution in [0.2, 0.25) is 0 Å². The molecule has 108 valence electrons. The van der Waals surface area contributed by atoms with E-state index in [0.29, 0.717) is 5.92 Å². The maximum absolute atomic E-state index is 5.52. The van der Waals surface area contributed by atoms with E-state index in [9.17, 15) is 0 Å². The van der Waals surface area contributed by atoms with Crippen molar-refractivity contribution < 1.29 is 13.3 Å². The molecule has 0 aliphatic heterocycles. The minimum absolute atomic E-state index is 0.683. The van der Waals surface area contributed by atoms with Crippen LogP contribution in [0.1, 0.15) is 24.3 Å². The molecule has 3 unspecified atom stereocenters. The van der Waals surface area contributed by atoms with E-state index in [-0.39, 0.29) is 0 Å². The van der Waals surface area contributed by atoms with Crippen LogP contribution >= 0.6 is 0 Å². The highest BCUT2D eigenvalue weighted by Gasteiger charge is 2.41. The Labute approximate surface area is 121 Å². The molecule has 0 saturated heterocycles. The molecule has 1 aromatic rings. The van der Waals surface area contributed by atoms with Crippen LogP contribution < -0.4 is 5.19 Å². The molecular weight excluding hydrogens is 268 g/mol. The normalized spacial score (nSPS) is 28.2. The van der Waals surface area contributed by atoms with Crippen LogP contribution in [0.25, 0.3) is 0 Å². The van der Waals surface area contributed by atoms with Crippen LogP contribution in [0.3, 0.4) is 0 Å². The third-order valence-electron chi connectivity index (χ3n) is 4.78. The van der Waals surface area contributed by atoms with Gasteiger partial charge in [-0.3, -0.25) is 0 Å². The topological polar surface area (TPSA) is 27.7 Å². The van der Waals surface area contributed by atoms with Crippen molar-refractivity contribution in [3.63, 3.8) is 0 Å². The Kier molecular flexibility index (Phi) is 3.82. The minimum Gasteiger partial charge on any atom is -0.373 e. The first-order chi connectivity index (χ1) is 9.72. The highest BCUT2D eigenvalue weighted by Crippen LogP contribution is 2.48. The van der Waals surface area contributed by atoms with Crippen molar-refractivity contribution in [3.05, 3.63) is 42.0 Å². The molecule has 3 atom stereocenters. The molecule has 2 aliphatic carbocycles. The molecule has 4 heteroatoms. The van der Waals surface area contributed by atoms with Crippen molar-refractivity contribution in [1.29, 1.82) is 0 Å². The van der Waals surface area contributed by atoms with E-state index in [1.807, 2.05) is 0 Å². The number of hydrogen-bond donors (Lipinski definition) is 0. The quantitative estimate of drug-likeness (QED) is 0.616. The molecule has 0 spiro atoms. The average molecular weight is 290 g/mol. The van der Waals surface area contributed by atoms with Crippen molar-refractivity contribution in [3.8, 4) is 0 Å². The van der Waals surface area contributed by atoms with Crippen LogP contribution in [0.4, 0.5) is 0 Å². The molecule has 0 N–H and O–H groups in total. The maximum atomic E-state index is 5.52. The molecule has 3 nitrogen and oxygen atoms in total. The fourth-order valence-electron chi connectivity index (χ4n) is 3.70. The lowest BCUT2D eigenvalue weighted by atomic mass is 9.87. The Bertz CT molecular complexity index is 485. The van der Waals surface area contributed by atoms with E-state index in [1.165, 1.54) is 18.4 Å². The lowest BCUT2D eigenvalue weighted by Crippen LogP contribution is -2.54. The third-order valence-corrected chi connectivity index (χ3v) is 7.43. The Morgan fingerprint density at radius 1 is 0.900 bits per heavy atom. The minimum atomic E-state index is -2.69. The molecule has 20 heavy (non-hydrogen) atoms. The van der Waals surface area contributed by atoms with E-state index < -0.39 is 8.80 Å². The van der Waals surface area contributed by atoms with Gasteiger partial charge in [-0.2, -0.15) is 0 Å². The van der Waals surface area contributed by atoms with Gasteiger partial charge in [0, 0.05) is 26.5 Å². The van der Waals surface area contributed by atoms with Crippen LogP contribution in [0.15, 0.2) is 36.4 Å². The van der Waals surface area contributed by atoms with Gasteiger partial charge in [0.25, 0.3) is 0 Å². The van der Waals surface area contributed by atoms with Gasteiger partial charge < -0.3 is 13.3 Å². The molecule has 1 aromatic carbocycles. The highest BCUT2D eigenvalue weighted by atomic mass is 28.4. The summed E-state index contributed by atoms with van der Waals surface area (Å²) < 4.78 is 16.6. The summed E-state index contributed by atoms with van der Waals surface area (Å²) in [4.78, 5) is 0. The fraction of sp³-hybridized carbons (Fsp3) is 0.500. The molecule has 0 radical (unpaired) electrons. The Morgan fingerprint density at radius 3 is 2.00 bits per heavy atom. The summed E-state index contributed by atoms with van der Waals surface area (Å²) in [6.45, 7) is 0. The predicted octanol–water partition coefficient (Wildman–Crippen LogP) is 2.45. The Hall–Kier alpha value is -0.943. The van der Waals surface area contributed by atoms with Gasteiger partial charge in [0.15, 0.2) is 0 Å². The van der Waals surface area contributed by atoms with Crippen molar-refractivity contribution in [2.75, 3.05) is 21.3 Å². The smallest absolute Gasteiger partial charge is 0.373 e. The second-order valence-corrected chi connectivity index (χ2v) is 8.59. The second-order valence-electron chi connectivity index (χ2n) is 5.68. The molecule has 1 fully saturated rings. The second kappa shape index (κ2) is 5.45. The summed E-state index contributed by atoms with van der Waals surface area (Å²) >= 11 is 0. The van der Waals surface area contributed by atoms with E-state index >= 15 is 0 Å². The summed E-state index contributed by atoms with van der Waals surface area (Å²) in [5.41, 5.74) is 1.43. The van der Waals surface area contributed by atoms with Crippen molar-refractivity contribution in [1.82, 2.24) is 0 Å². The van der Waals surface area contributed by atoms with Crippen LogP contribution in [-0.2, 0) is 13.3 Å². The predicted molar refractivity (Wildman–Crippen MR) is 81.0 cm³/mol. The van der Waals surface area contributed by atoms with Crippen molar-refractivity contribution >= 4 is 14.0 Å². The first kappa shape index (κ1) is 14.0. The summed E-state index contributed by atoms with van der Waals surface area (Å²) in [7, 11) is 2.25. The summed E-state index contributed by atoms with van der Waals surface area (Å²) in [6.07, 6.45) is 7.40. The van der Waals surface area contributed by atoms with E-state index in [2.05, 4.69) is 36.4 Å². The fourth-order valence-corrected chi connectivity index (χ4v) is 5.48. The van der Waals surface area contributed by atoms with Gasteiger partial charge in [0.1, 0.15) is 0 Å². The summed E-state index contributed by atoms with van der Waals surface area (Å²) in [5.74, 6) is 2.22. The molecule has 0 aromatic heterocycles. The lowest BCUT2D eigenvalue weighted by Gasteiger charge is -2.25. The highest BCUT2D eigenvalue weighted by molar-refractivity contribution is 6.75. The van der Waals surface area contributed by atoms with Gasteiger partial charge in [-0.05, 0) is 36.2 Å². The van der Waals surface area contributed by atoms with E-state index in [4.69, 9.17) is 13.3 Å². The maximum Gasteiger partial charge on any atom is 0.536 e. The standard InChI is InChI=1S/C16H22O3Si/c1-17-20(18-2,19-3)15-8-6-13(7-9-15)16-11-12-4-5-14(16)10-12/h4-9,12,14,16H,10-11H2,1-3H3. The Morgan fingerprint density at radius 2 is 1.55 bits per heavy atom. The molecule has 2 aliphatic rings. The SMILES string of the molecule is CO[Si](OC)(OC)c1ccc(C2CC3C=CC2C3)cc1.